The van der Waals surface area contributed by atoms with Crippen LogP contribution in [0.4, 0.5) is 5.69 Å². The van der Waals surface area contributed by atoms with Crippen LogP contribution in [0, 0.1) is 19.3 Å². The summed E-state index contributed by atoms with van der Waals surface area (Å²) in [6, 6.07) is 6.27. The van der Waals surface area contributed by atoms with Gasteiger partial charge < -0.3 is 4.90 Å². The molecule has 0 saturated carbocycles. The average Bonchev–Trinajstić information content (AvgIpc) is 2.37. The van der Waals surface area contributed by atoms with E-state index in [1.165, 1.54) is 11.1 Å². The van der Waals surface area contributed by atoms with Crippen LogP contribution in [0.3, 0.4) is 0 Å². The minimum atomic E-state index is 0.0926. The predicted molar refractivity (Wildman–Crippen MR) is 73.6 cm³/mol. The van der Waals surface area contributed by atoms with Gasteiger partial charge in [0.05, 0.1) is 13.1 Å². The second-order valence-electron chi connectivity index (χ2n) is 4.59. The van der Waals surface area contributed by atoms with Crippen LogP contribution in [0.1, 0.15) is 17.5 Å². The lowest BCUT2D eigenvalue weighted by Crippen LogP contribution is -2.41. The van der Waals surface area contributed by atoms with E-state index in [-0.39, 0.29) is 5.91 Å². The summed E-state index contributed by atoms with van der Waals surface area (Å²) in [6.07, 6.45) is 7.23. The number of aryl methyl sites for hydroxylation is 2. The molecule has 0 unspecified atom stereocenters. The molecule has 0 radical (unpaired) electrons. The molecule has 1 aliphatic heterocycles. The van der Waals surface area contributed by atoms with Gasteiger partial charge in [-0.1, -0.05) is 23.6 Å². The highest BCUT2D eigenvalue weighted by Gasteiger charge is 2.21. The van der Waals surface area contributed by atoms with Crippen LogP contribution in [0.25, 0.3) is 0 Å². The number of hydrogen-bond acceptors (Lipinski definition) is 2. The Labute approximate surface area is 108 Å². The van der Waals surface area contributed by atoms with E-state index in [9.17, 15) is 4.79 Å². The fraction of sp³-hybridized carbons (Fsp3) is 0.400. The summed E-state index contributed by atoms with van der Waals surface area (Å²) in [7, 11) is 0. The van der Waals surface area contributed by atoms with Gasteiger partial charge in [-0.2, -0.15) is 0 Å². The van der Waals surface area contributed by atoms with E-state index in [0.29, 0.717) is 13.1 Å². The Balaban J connectivity index is 2.12. The Morgan fingerprint density at radius 1 is 1.56 bits per heavy atom. The lowest BCUT2D eigenvalue weighted by Gasteiger charge is -2.29. The van der Waals surface area contributed by atoms with Gasteiger partial charge in [-0.05, 0) is 31.4 Å². The second-order valence-corrected chi connectivity index (χ2v) is 4.59. The van der Waals surface area contributed by atoms with Crippen LogP contribution in [0.5, 0.6) is 0 Å². The molecule has 3 heteroatoms. The Hall–Kier alpha value is -1.79. The molecule has 0 fully saturated rings. The number of anilines is 1. The van der Waals surface area contributed by atoms with E-state index >= 15 is 0 Å². The molecule has 1 heterocycles. The van der Waals surface area contributed by atoms with Gasteiger partial charge in [-0.3, -0.25) is 10.1 Å². The highest BCUT2D eigenvalue weighted by atomic mass is 16.2. The topological polar surface area (TPSA) is 32.3 Å². The molecular weight excluding hydrogens is 224 g/mol. The maximum absolute atomic E-state index is 12.1. The van der Waals surface area contributed by atoms with Crippen LogP contribution >= 0.6 is 0 Å². The number of hydrogen-bond donors (Lipinski definition) is 1. The van der Waals surface area contributed by atoms with Crippen molar-refractivity contribution in [3.8, 4) is 12.3 Å². The highest BCUT2D eigenvalue weighted by molar-refractivity contribution is 5.96. The van der Waals surface area contributed by atoms with Crippen molar-refractivity contribution >= 4 is 11.6 Å². The van der Waals surface area contributed by atoms with E-state index < -0.39 is 0 Å². The van der Waals surface area contributed by atoms with Crippen LogP contribution in [-0.2, 0) is 11.2 Å². The van der Waals surface area contributed by atoms with E-state index in [1.54, 1.807) is 0 Å². The number of rotatable bonds is 3. The quantitative estimate of drug-likeness (QED) is 0.643. The Morgan fingerprint density at radius 3 is 3.17 bits per heavy atom. The van der Waals surface area contributed by atoms with Gasteiger partial charge in [-0.15, -0.1) is 6.42 Å². The summed E-state index contributed by atoms with van der Waals surface area (Å²) in [4.78, 5) is 14.0. The molecule has 0 atom stereocenters. The molecule has 1 N–H and O–H groups in total. The lowest BCUT2D eigenvalue weighted by molar-refractivity contribution is -0.117. The smallest absolute Gasteiger partial charge is 0.240 e. The fourth-order valence-corrected chi connectivity index (χ4v) is 2.32. The number of terminal acetylenes is 1. The van der Waals surface area contributed by atoms with Gasteiger partial charge in [0.15, 0.2) is 0 Å². The number of benzene rings is 1. The molecule has 18 heavy (non-hydrogen) atoms. The molecule has 1 aliphatic rings. The number of carbonyl (C=O) groups excluding carboxylic acids is 1. The predicted octanol–water partition coefficient (Wildman–Crippen LogP) is 1.50. The van der Waals surface area contributed by atoms with Crippen molar-refractivity contribution in [2.24, 2.45) is 0 Å². The molecule has 3 nitrogen and oxygen atoms in total. The summed E-state index contributed by atoms with van der Waals surface area (Å²) < 4.78 is 0. The molecule has 0 aliphatic carbocycles. The summed E-state index contributed by atoms with van der Waals surface area (Å²) in [5, 5.41) is 2.95. The standard InChI is InChI=1S/C15H18N2O/c1-3-8-16-11-15(18)17-9-4-5-13-10-12(2)6-7-14(13)17/h1,6-7,10,16H,4-5,8-9,11H2,2H3. The van der Waals surface area contributed by atoms with Gasteiger partial charge >= 0.3 is 0 Å². The summed E-state index contributed by atoms with van der Waals surface area (Å²) in [5.41, 5.74) is 3.57. The third-order valence-electron chi connectivity index (χ3n) is 3.16. The van der Waals surface area contributed by atoms with Crippen LogP contribution < -0.4 is 10.2 Å². The van der Waals surface area contributed by atoms with Gasteiger partial charge in [0.1, 0.15) is 0 Å². The van der Waals surface area contributed by atoms with Crippen LogP contribution in [-0.4, -0.2) is 25.5 Å². The zero-order valence-corrected chi connectivity index (χ0v) is 10.7. The van der Waals surface area contributed by atoms with Crippen molar-refractivity contribution in [1.29, 1.82) is 0 Å². The molecular formula is C15H18N2O. The SMILES string of the molecule is C#CCNCC(=O)N1CCCc2cc(C)ccc21. The van der Waals surface area contributed by atoms with Gasteiger partial charge in [0, 0.05) is 12.2 Å². The Morgan fingerprint density at radius 2 is 2.39 bits per heavy atom. The Kier molecular flexibility index (Phi) is 4.01. The summed E-state index contributed by atoms with van der Waals surface area (Å²) in [5.74, 6) is 2.56. The summed E-state index contributed by atoms with van der Waals surface area (Å²) in [6.45, 7) is 3.61. The third-order valence-corrected chi connectivity index (χ3v) is 3.16. The van der Waals surface area contributed by atoms with Crippen molar-refractivity contribution in [3.05, 3.63) is 29.3 Å². The van der Waals surface area contributed by atoms with Crippen molar-refractivity contribution in [3.63, 3.8) is 0 Å². The maximum Gasteiger partial charge on any atom is 0.240 e. The van der Waals surface area contributed by atoms with E-state index in [2.05, 4.69) is 30.3 Å². The summed E-state index contributed by atoms with van der Waals surface area (Å²) >= 11 is 0. The molecule has 0 bridgehead atoms. The lowest BCUT2D eigenvalue weighted by atomic mass is 9.99. The maximum atomic E-state index is 12.1. The molecule has 1 aromatic rings. The molecule has 0 aromatic heterocycles. The molecule has 1 amide bonds. The average molecular weight is 242 g/mol. The molecule has 94 valence electrons. The second kappa shape index (κ2) is 5.70. The fourth-order valence-electron chi connectivity index (χ4n) is 2.32. The third kappa shape index (κ3) is 2.72. The normalized spacial score (nSPS) is 13.9. The number of amides is 1. The van der Waals surface area contributed by atoms with Gasteiger partial charge in [0.2, 0.25) is 5.91 Å². The van der Waals surface area contributed by atoms with E-state index in [0.717, 1.165) is 25.1 Å². The molecule has 0 spiro atoms. The van der Waals surface area contributed by atoms with Crippen LogP contribution in [0.15, 0.2) is 18.2 Å². The largest absolute Gasteiger partial charge is 0.311 e. The van der Waals surface area contributed by atoms with E-state index in [4.69, 9.17) is 6.42 Å². The molecule has 1 aromatic carbocycles. The Bertz CT molecular complexity index is 488. The number of nitrogens with one attached hydrogen (secondary N) is 1. The van der Waals surface area contributed by atoms with E-state index in [1.807, 2.05) is 11.0 Å². The number of fused-ring (bicyclic) bond motifs is 1. The van der Waals surface area contributed by atoms with Crippen LogP contribution in [0.2, 0.25) is 0 Å². The zero-order chi connectivity index (χ0) is 13.0. The molecule has 2 rings (SSSR count). The monoisotopic (exact) mass is 242 g/mol. The number of nitrogens with zero attached hydrogens (tertiary/aromatic N) is 1. The van der Waals surface area contributed by atoms with Gasteiger partial charge in [0.25, 0.3) is 0 Å². The van der Waals surface area contributed by atoms with Crippen molar-refractivity contribution in [1.82, 2.24) is 5.32 Å². The first kappa shape index (κ1) is 12.7. The zero-order valence-electron chi connectivity index (χ0n) is 10.7. The first-order valence-electron chi connectivity index (χ1n) is 6.26. The van der Waals surface area contributed by atoms with Gasteiger partial charge in [-0.25, -0.2) is 0 Å². The minimum absolute atomic E-state index is 0.0926. The number of carbonyl (C=O) groups is 1. The van der Waals surface area contributed by atoms with Crippen molar-refractivity contribution < 1.29 is 4.79 Å². The minimum Gasteiger partial charge on any atom is -0.311 e. The first-order valence-corrected chi connectivity index (χ1v) is 6.26. The van der Waals surface area contributed by atoms with Crippen molar-refractivity contribution in [2.75, 3.05) is 24.5 Å². The first-order chi connectivity index (χ1) is 8.72. The molecule has 0 saturated heterocycles. The highest BCUT2D eigenvalue weighted by Crippen LogP contribution is 2.27. The van der Waals surface area contributed by atoms with Crippen molar-refractivity contribution in [2.45, 2.75) is 19.8 Å².